The number of hydrogen-bond donors (Lipinski definition) is 1. The summed E-state index contributed by atoms with van der Waals surface area (Å²) in [5.74, 6) is 0. The normalized spacial score (nSPS) is 10.3. The van der Waals surface area contributed by atoms with Crippen LogP contribution in [0, 0.1) is 6.92 Å². The van der Waals surface area contributed by atoms with Gasteiger partial charge in [0.2, 0.25) is 0 Å². The summed E-state index contributed by atoms with van der Waals surface area (Å²) in [4.78, 5) is 14.4. The van der Waals surface area contributed by atoms with Gasteiger partial charge in [0.25, 0.3) is 0 Å². The number of carbonyl (C=O) groups is 1. The Morgan fingerprint density at radius 3 is 3.11 bits per heavy atom. The maximum Gasteiger partial charge on any atom is 0.512 e. The number of aromatic nitrogens is 2. The number of thiophene rings is 1. The number of ether oxygens (including phenoxy) is 2. The van der Waals surface area contributed by atoms with Gasteiger partial charge in [-0.15, -0.1) is 0 Å². The summed E-state index contributed by atoms with van der Waals surface area (Å²) >= 11 is 1.17. The lowest BCUT2D eigenvalue weighted by atomic mass is 10.4. The van der Waals surface area contributed by atoms with Crippen molar-refractivity contribution in [1.82, 2.24) is 9.55 Å². The van der Waals surface area contributed by atoms with Gasteiger partial charge in [0.1, 0.15) is 6.61 Å². The molecule has 18 heavy (non-hydrogen) atoms. The first-order valence-corrected chi connectivity index (χ1v) is 6.06. The van der Waals surface area contributed by atoms with Crippen LogP contribution in [0.15, 0.2) is 24.8 Å². The molecule has 0 aliphatic rings. The molecule has 2 rings (SSSR count). The first kappa shape index (κ1) is 12.4. The van der Waals surface area contributed by atoms with Crippen molar-refractivity contribution in [2.75, 3.05) is 6.61 Å². The van der Waals surface area contributed by atoms with E-state index in [9.17, 15) is 4.79 Å². The molecule has 96 valence electrons. The minimum absolute atomic E-state index is 0.347. The third kappa shape index (κ3) is 3.24. The first-order chi connectivity index (χ1) is 8.65. The molecular formula is C11H12N2O4S. The van der Waals surface area contributed by atoms with E-state index < -0.39 is 6.16 Å². The monoisotopic (exact) mass is 268 g/mol. The van der Waals surface area contributed by atoms with E-state index in [2.05, 4.69) is 9.72 Å². The highest BCUT2D eigenvalue weighted by molar-refractivity contribution is 7.15. The molecule has 2 heterocycles. The van der Waals surface area contributed by atoms with Crippen LogP contribution in [0.1, 0.15) is 5.56 Å². The summed E-state index contributed by atoms with van der Waals surface area (Å²) in [7, 11) is 0. The van der Waals surface area contributed by atoms with Crippen molar-refractivity contribution >= 4 is 17.5 Å². The average molecular weight is 268 g/mol. The fourth-order valence-corrected chi connectivity index (χ4v) is 2.25. The van der Waals surface area contributed by atoms with Gasteiger partial charge < -0.3 is 19.1 Å². The van der Waals surface area contributed by atoms with E-state index in [0.717, 1.165) is 5.56 Å². The van der Waals surface area contributed by atoms with Gasteiger partial charge >= 0.3 is 6.16 Å². The fraction of sp³-hybridized carbons (Fsp3) is 0.273. The second-order valence-corrected chi connectivity index (χ2v) is 4.53. The Morgan fingerprint density at radius 1 is 1.61 bits per heavy atom. The van der Waals surface area contributed by atoms with Crippen molar-refractivity contribution in [2.24, 2.45) is 0 Å². The van der Waals surface area contributed by atoms with Gasteiger partial charge in [-0.2, -0.15) is 0 Å². The largest absolute Gasteiger partial charge is 0.512 e. The number of rotatable bonds is 5. The Morgan fingerprint density at radius 2 is 2.44 bits per heavy atom. The van der Waals surface area contributed by atoms with Crippen molar-refractivity contribution in [1.29, 1.82) is 0 Å². The highest BCUT2D eigenvalue weighted by atomic mass is 32.1. The minimum atomic E-state index is -1.31. The second-order valence-electron chi connectivity index (χ2n) is 3.55. The molecule has 2 aromatic rings. The van der Waals surface area contributed by atoms with Crippen molar-refractivity contribution in [3.8, 4) is 10.1 Å². The minimum Gasteiger partial charge on any atom is -0.482 e. The molecule has 0 bridgehead atoms. The zero-order valence-electron chi connectivity index (χ0n) is 9.70. The van der Waals surface area contributed by atoms with E-state index in [4.69, 9.17) is 9.84 Å². The third-order valence-corrected chi connectivity index (χ3v) is 3.21. The predicted octanol–water partition coefficient (Wildman–Crippen LogP) is 2.39. The zero-order valence-corrected chi connectivity index (χ0v) is 10.5. The lowest BCUT2D eigenvalue weighted by molar-refractivity contribution is 0.145. The van der Waals surface area contributed by atoms with Crippen LogP contribution in [0.25, 0.3) is 0 Å². The summed E-state index contributed by atoms with van der Waals surface area (Å²) in [6.07, 6.45) is 3.95. The molecule has 0 unspecified atom stereocenters. The van der Waals surface area contributed by atoms with Crippen LogP contribution < -0.4 is 9.47 Å². The van der Waals surface area contributed by atoms with Crippen LogP contribution in [0.2, 0.25) is 0 Å². The predicted molar refractivity (Wildman–Crippen MR) is 65.4 cm³/mol. The maximum atomic E-state index is 10.4. The van der Waals surface area contributed by atoms with Gasteiger partial charge in [-0.25, -0.2) is 9.78 Å². The molecule has 2 aromatic heterocycles. The Bertz CT molecular complexity index is 521. The van der Waals surface area contributed by atoms with Crippen molar-refractivity contribution < 1.29 is 19.4 Å². The lowest BCUT2D eigenvalue weighted by Crippen LogP contribution is -2.05. The van der Waals surface area contributed by atoms with E-state index >= 15 is 0 Å². The number of nitrogens with zero attached hydrogens (tertiary/aromatic N) is 2. The molecule has 0 amide bonds. The summed E-state index contributed by atoms with van der Waals surface area (Å²) < 4.78 is 12.0. The SMILES string of the molecule is Cc1cc(OCCn2ccnc2)sc1OC(=O)O. The summed E-state index contributed by atoms with van der Waals surface area (Å²) in [5, 5.41) is 9.52. The Kier molecular flexibility index (Phi) is 3.83. The van der Waals surface area contributed by atoms with E-state index in [0.29, 0.717) is 23.3 Å². The highest BCUT2D eigenvalue weighted by Crippen LogP contribution is 2.35. The molecule has 0 aliphatic heterocycles. The topological polar surface area (TPSA) is 73.6 Å². The first-order valence-electron chi connectivity index (χ1n) is 5.25. The van der Waals surface area contributed by atoms with Gasteiger partial charge in [-0.05, 0) is 13.0 Å². The van der Waals surface area contributed by atoms with Gasteiger partial charge in [0, 0.05) is 18.0 Å². The Hall–Kier alpha value is -2.02. The molecule has 7 heteroatoms. The van der Waals surface area contributed by atoms with Crippen LogP contribution in [0.4, 0.5) is 4.79 Å². The van der Waals surface area contributed by atoms with Crippen molar-refractivity contribution in [3.05, 3.63) is 30.4 Å². The van der Waals surface area contributed by atoms with Gasteiger partial charge in [0.05, 0.1) is 12.9 Å². The molecule has 0 atom stereocenters. The number of aryl methyl sites for hydroxylation is 1. The van der Waals surface area contributed by atoms with E-state index in [1.807, 2.05) is 10.8 Å². The van der Waals surface area contributed by atoms with Crippen LogP contribution >= 0.6 is 11.3 Å². The molecule has 0 saturated carbocycles. The highest BCUT2D eigenvalue weighted by Gasteiger charge is 2.11. The van der Waals surface area contributed by atoms with Crippen molar-refractivity contribution in [2.45, 2.75) is 13.5 Å². The van der Waals surface area contributed by atoms with E-state index in [1.54, 1.807) is 25.5 Å². The Labute approximate surface area is 107 Å². The fourth-order valence-electron chi connectivity index (χ4n) is 1.36. The molecule has 6 nitrogen and oxygen atoms in total. The maximum absolute atomic E-state index is 10.4. The molecule has 1 N–H and O–H groups in total. The lowest BCUT2D eigenvalue weighted by Gasteiger charge is -2.03. The Balaban J connectivity index is 1.88. The number of hydrogen-bond acceptors (Lipinski definition) is 5. The molecule has 0 saturated heterocycles. The molecule has 0 aromatic carbocycles. The van der Waals surface area contributed by atoms with Gasteiger partial charge in [-0.3, -0.25) is 0 Å². The summed E-state index contributed by atoms with van der Waals surface area (Å²) in [6, 6.07) is 1.76. The van der Waals surface area contributed by atoms with E-state index in [-0.39, 0.29) is 0 Å². The summed E-state index contributed by atoms with van der Waals surface area (Å²) in [5.41, 5.74) is 0.750. The second kappa shape index (κ2) is 5.54. The third-order valence-electron chi connectivity index (χ3n) is 2.18. The quantitative estimate of drug-likeness (QED) is 0.843. The van der Waals surface area contributed by atoms with Crippen LogP contribution in [0.3, 0.4) is 0 Å². The molecule has 0 fully saturated rings. The molecular weight excluding hydrogens is 256 g/mol. The average Bonchev–Trinajstić information content (AvgIpc) is 2.90. The van der Waals surface area contributed by atoms with Crippen LogP contribution in [0.5, 0.6) is 10.1 Å². The molecule has 0 spiro atoms. The number of imidazole rings is 1. The van der Waals surface area contributed by atoms with E-state index in [1.165, 1.54) is 11.3 Å². The van der Waals surface area contributed by atoms with Crippen LogP contribution in [-0.4, -0.2) is 27.4 Å². The van der Waals surface area contributed by atoms with Crippen LogP contribution in [-0.2, 0) is 6.54 Å². The molecule has 0 radical (unpaired) electrons. The standard InChI is InChI=1S/C11H12N2O4S/c1-8-6-9(18-10(8)17-11(14)15)16-5-4-13-3-2-12-7-13/h2-3,6-7H,4-5H2,1H3,(H,14,15). The van der Waals surface area contributed by atoms with Crippen molar-refractivity contribution in [3.63, 3.8) is 0 Å². The van der Waals surface area contributed by atoms with Gasteiger partial charge in [-0.1, -0.05) is 11.3 Å². The summed E-state index contributed by atoms with van der Waals surface area (Å²) in [6.45, 7) is 2.95. The smallest absolute Gasteiger partial charge is 0.482 e. The number of carboxylic acid groups (broad SMARTS) is 1. The van der Waals surface area contributed by atoms with Gasteiger partial charge in [0.15, 0.2) is 10.1 Å². The molecule has 0 aliphatic carbocycles. The zero-order chi connectivity index (χ0) is 13.0.